The number of carbonyl (C=O) groups excluding carboxylic acids is 1. The Balaban J connectivity index is 1.44. The molecule has 2 aromatic carbocycles. The fraction of sp³-hybridized carbons (Fsp3) is 0.500. The van der Waals surface area contributed by atoms with Gasteiger partial charge in [0.15, 0.2) is 11.5 Å². The molecule has 0 radical (unpaired) electrons. The summed E-state index contributed by atoms with van der Waals surface area (Å²) in [4.78, 5) is 17.4. The van der Waals surface area contributed by atoms with Crippen molar-refractivity contribution in [1.29, 1.82) is 0 Å². The van der Waals surface area contributed by atoms with Gasteiger partial charge in [0, 0.05) is 26.1 Å². The van der Waals surface area contributed by atoms with Crippen LogP contribution in [0.3, 0.4) is 0 Å². The molecule has 1 heterocycles. The highest BCUT2D eigenvalue weighted by Crippen LogP contribution is 2.28. The molecular formula is C26H36N2O3. The van der Waals surface area contributed by atoms with Crippen LogP contribution in [0.1, 0.15) is 36.8 Å². The smallest absolute Gasteiger partial charge is 0.225 e. The van der Waals surface area contributed by atoms with E-state index in [9.17, 15) is 4.79 Å². The molecule has 0 saturated carbocycles. The molecule has 2 aromatic rings. The van der Waals surface area contributed by atoms with Crippen molar-refractivity contribution < 1.29 is 14.3 Å². The van der Waals surface area contributed by atoms with Crippen LogP contribution in [-0.2, 0) is 11.2 Å². The molecule has 168 valence electrons. The van der Waals surface area contributed by atoms with E-state index < -0.39 is 0 Å². The van der Waals surface area contributed by atoms with Crippen molar-refractivity contribution >= 4 is 5.91 Å². The summed E-state index contributed by atoms with van der Waals surface area (Å²) in [7, 11) is 5.20. The summed E-state index contributed by atoms with van der Waals surface area (Å²) >= 11 is 0. The van der Waals surface area contributed by atoms with E-state index in [0.29, 0.717) is 12.5 Å². The van der Waals surface area contributed by atoms with Crippen molar-refractivity contribution in [3.05, 3.63) is 59.7 Å². The number of nitrogens with zero attached hydrogens (tertiary/aromatic N) is 2. The molecule has 1 atom stereocenters. The summed E-state index contributed by atoms with van der Waals surface area (Å²) in [6.07, 6.45) is 2.69. The minimum Gasteiger partial charge on any atom is -0.493 e. The monoisotopic (exact) mass is 424 g/mol. The third kappa shape index (κ3) is 6.23. The highest BCUT2D eigenvalue weighted by atomic mass is 16.5. The van der Waals surface area contributed by atoms with E-state index in [1.54, 1.807) is 14.2 Å². The van der Waals surface area contributed by atoms with Gasteiger partial charge in [-0.15, -0.1) is 0 Å². The number of carbonyl (C=O) groups is 1. The zero-order valence-corrected chi connectivity index (χ0v) is 19.3. The van der Waals surface area contributed by atoms with Gasteiger partial charge in [-0.3, -0.25) is 4.79 Å². The Morgan fingerprint density at radius 2 is 1.74 bits per heavy atom. The molecule has 1 aliphatic rings. The maximum atomic E-state index is 13.0. The van der Waals surface area contributed by atoms with Crippen molar-refractivity contribution in [3.8, 4) is 11.5 Å². The van der Waals surface area contributed by atoms with E-state index in [1.165, 1.54) is 5.56 Å². The Morgan fingerprint density at radius 3 is 2.39 bits per heavy atom. The lowest BCUT2D eigenvalue weighted by Crippen LogP contribution is -2.42. The number of hydrogen-bond donors (Lipinski definition) is 0. The van der Waals surface area contributed by atoms with E-state index in [-0.39, 0.29) is 11.8 Å². The number of piperidine rings is 1. The highest BCUT2D eigenvalue weighted by molar-refractivity contribution is 5.78. The minimum atomic E-state index is 0.138. The quantitative estimate of drug-likeness (QED) is 0.604. The number of hydrogen-bond acceptors (Lipinski definition) is 4. The number of likely N-dealkylation sites (N-methyl/N-ethyl adjacent to an activating group) is 1. The number of amides is 1. The predicted octanol–water partition coefficient (Wildman–Crippen LogP) is 4.22. The maximum absolute atomic E-state index is 13.0. The Labute approximate surface area is 187 Å². The molecule has 31 heavy (non-hydrogen) atoms. The fourth-order valence-corrected chi connectivity index (χ4v) is 4.39. The molecule has 1 fully saturated rings. The zero-order valence-electron chi connectivity index (χ0n) is 19.3. The average Bonchev–Trinajstić information content (AvgIpc) is 2.82. The van der Waals surface area contributed by atoms with Gasteiger partial charge in [-0.2, -0.15) is 0 Å². The fourth-order valence-electron chi connectivity index (χ4n) is 4.39. The first-order valence-electron chi connectivity index (χ1n) is 11.2. The van der Waals surface area contributed by atoms with Gasteiger partial charge in [0.1, 0.15) is 0 Å². The van der Waals surface area contributed by atoms with Gasteiger partial charge in [0.05, 0.1) is 14.2 Å². The first-order valence-corrected chi connectivity index (χ1v) is 11.2. The third-order valence-electron chi connectivity index (χ3n) is 6.40. The standard InChI is InChI=1S/C26H36N2O3/c1-20(22-8-6-5-7-9-22)19-28-16-13-23(14-17-28)26(29)27(2)15-12-21-10-11-24(30-3)25(18-21)31-4/h5-11,18,20,23H,12-17,19H2,1-4H3. The molecule has 0 aromatic heterocycles. The van der Waals surface area contributed by atoms with Gasteiger partial charge in [0.25, 0.3) is 0 Å². The van der Waals surface area contributed by atoms with Crippen molar-refractivity contribution in [2.24, 2.45) is 5.92 Å². The lowest BCUT2D eigenvalue weighted by Gasteiger charge is -2.34. The van der Waals surface area contributed by atoms with Crippen LogP contribution in [0, 0.1) is 5.92 Å². The first-order chi connectivity index (χ1) is 15.0. The van der Waals surface area contributed by atoms with Crippen LogP contribution < -0.4 is 9.47 Å². The van der Waals surface area contributed by atoms with Crippen LogP contribution in [0.5, 0.6) is 11.5 Å². The SMILES string of the molecule is COc1ccc(CCN(C)C(=O)C2CCN(CC(C)c3ccccc3)CC2)cc1OC. The van der Waals surface area contributed by atoms with Gasteiger partial charge in [-0.1, -0.05) is 43.3 Å². The number of benzene rings is 2. The van der Waals surface area contributed by atoms with Crippen molar-refractivity contribution in [2.45, 2.75) is 32.1 Å². The second kappa shape index (κ2) is 11.2. The maximum Gasteiger partial charge on any atom is 0.225 e. The van der Waals surface area contributed by atoms with Gasteiger partial charge >= 0.3 is 0 Å². The van der Waals surface area contributed by atoms with Crippen molar-refractivity contribution in [3.63, 3.8) is 0 Å². The largest absolute Gasteiger partial charge is 0.493 e. The summed E-state index contributed by atoms with van der Waals surface area (Å²) in [5.41, 5.74) is 2.53. The normalized spacial score (nSPS) is 16.0. The molecule has 1 amide bonds. The summed E-state index contributed by atoms with van der Waals surface area (Å²) in [6.45, 7) is 6.04. The Hall–Kier alpha value is -2.53. The summed E-state index contributed by atoms with van der Waals surface area (Å²) in [5.74, 6) is 2.38. The van der Waals surface area contributed by atoms with Crippen LogP contribution in [0.2, 0.25) is 0 Å². The van der Waals surface area contributed by atoms with Crippen LogP contribution in [-0.4, -0.2) is 63.2 Å². The molecule has 3 rings (SSSR count). The van der Waals surface area contributed by atoms with Crippen molar-refractivity contribution in [2.75, 3.05) is 47.4 Å². The first kappa shape index (κ1) is 23.1. The average molecular weight is 425 g/mol. The second-order valence-electron chi connectivity index (χ2n) is 8.59. The molecule has 5 heteroatoms. The predicted molar refractivity (Wildman–Crippen MR) is 125 cm³/mol. The molecule has 5 nitrogen and oxygen atoms in total. The van der Waals surface area contributed by atoms with Gasteiger partial charge in [0.2, 0.25) is 5.91 Å². The second-order valence-corrected chi connectivity index (χ2v) is 8.59. The van der Waals surface area contributed by atoms with E-state index in [0.717, 1.165) is 56.0 Å². The minimum absolute atomic E-state index is 0.138. The highest BCUT2D eigenvalue weighted by Gasteiger charge is 2.27. The van der Waals surface area contributed by atoms with Crippen LogP contribution in [0.15, 0.2) is 48.5 Å². The van der Waals surface area contributed by atoms with E-state index >= 15 is 0 Å². The Morgan fingerprint density at radius 1 is 1.06 bits per heavy atom. The Kier molecular flexibility index (Phi) is 8.35. The molecule has 1 saturated heterocycles. The molecule has 0 N–H and O–H groups in total. The Bertz CT molecular complexity index is 832. The molecule has 1 aliphatic heterocycles. The topological polar surface area (TPSA) is 42.0 Å². The lowest BCUT2D eigenvalue weighted by atomic mass is 9.93. The number of likely N-dealkylation sites (tertiary alicyclic amines) is 1. The molecule has 0 bridgehead atoms. The molecule has 0 spiro atoms. The third-order valence-corrected chi connectivity index (χ3v) is 6.40. The molecule has 1 unspecified atom stereocenters. The molecule has 0 aliphatic carbocycles. The number of methoxy groups -OCH3 is 2. The summed E-state index contributed by atoms with van der Waals surface area (Å²) in [5, 5.41) is 0. The van der Waals surface area contributed by atoms with E-state index in [4.69, 9.17) is 9.47 Å². The molecular weight excluding hydrogens is 388 g/mol. The lowest BCUT2D eigenvalue weighted by molar-refractivity contribution is -0.135. The summed E-state index contributed by atoms with van der Waals surface area (Å²) < 4.78 is 10.7. The zero-order chi connectivity index (χ0) is 22.2. The van der Waals surface area contributed by atoms with E-state index in [1.807, 2.05) is 30.1 Å². The number of ether oxygens (including phenoxy) is 2. The van der Waals surface area contributed by atoms with Crippen LogP contribution >= 0.6 is 0 Å². The van der Waals surface area contributed by atoms with Crippen molar-refractivity contribution in [1.82, 2.24) is 9.80 Å². The van der Waals surface area contributed by atoms with Crippen LogP contribution in [0.25, 0.3) is 0 Å². The van der Waals surface area contributed by atoms with Gasteiger partial charge < -0.3 is 19.3 Å². The van der Waals surface area contributed by atoms with Gasteiger partial charge in [-0.25, -0.2) is 0 Å². The summed E-state index contributed by atoms with van der Waals surface area (Å²) in [6, 6.07) is 16.6. The van der Waals surface area contributed by atoms with Gasteiger partial charge in [-0.05, 0) is 61.5 Å². The number of rotatable bonds is 9. The van der Waals surface area contributed by atoms with Crippen LogP contribution in [0.4, 0.5) is 0 Å². The van der Waals surface area contributed by atoms with E-state index in [2.05, 4.69) is 42.2 Å².